The first kappa shape index (κ1) is 27.4. The summed E-state index contributed by atoms with van der Waals surface area (Å²) in [5, 5.41) is 0. The van der Waals surface area contributed by atoms with Crippen molar-refractivity contribution in [1.82, 2.24) is 8.87 Å². The van der Waals surface area contributed by atoms with Gasteiger partial charge in [-0.25, -0.2) is 8.42 Å². The molecule has 0 aliphatic rings. The smallest absolute Gasteiger partial charge is 0.325 e. The van der Waals surface area contributed by atoms with Crippen molar-refractivity contribution in [2.75, 3.05) is 13.7 Å². The van der Waals surface area contributed by atoms with Crippen LogP contribution in [0.1, 0.15) is 34.0 Å². The molecule has 0 bridgehead atoms. The van der Waals surface area contributed by atoms with Crippen molar-refractivity contribution in [3.8, 4) is 0 Å². The summed E-state index contributed by atoms with van der Waals surface area (Å²) >= 11 is 1.30. The Morgan fingerprint density at radius 1 is 1.00 bits per heavy atom. The fraction of sp³-hybridized carbons (Fsp3) is 0.250. The van der Waals surface area contributed by atoms with Gasteiger partial charge in [-0.05, 0) is 66.9 Å². The number of aryl methyl sites for hydroxylation is 2. The highest BCUT2D eigenvalue weighted by Gasteiger charge is 2.23. The molecular weight excluding hydrogens is 522 g/mol. The fourth-order valence-corrected chi connectivity index (χ4v) is 6.52. The average Bonchev–Trinajstić information content (AvgIpc) is 3.22. The van der Waals surface area contributed by atoms with E-state index in [1.54, 1.807) is 11.5 Å². The number of methoxy groups -OCH3 is 1. The van der Waals surface area contributed by atoms with Gasteiger partial charge in [-0.3, -0.25) is 9.59 Å². The molecule has 4 rings (SSSR count). The van der Waals surface area contributed by atoms with Gasteiger partial charge in [0.15, 0.2) is 4.80 Å². The molecule has 0 saturated carbocycles. The molecule has 1 amide bonds. The van der Waals surface area contributed by atoms with Crippen molar-refractivity contribution in [1.29, 1.82) is 0 Å². The summed E-state index contributed by atoms with van der Waals surface area (Å²) in [6.45, 7) is 6.23. The van der Waals surface area contributed by atoms with Gasteiger partial charge in [-0.1, -0.05) is 48.6 Å². The summed E-state index contributed by atoms with van der Waals surface area (Å²) < 4.78 is 35.3. The molecule has 0 aliphatic heterocycles. The number of esters is 1. The second kappa shape index (κ2) is 11.4. The van der Waals surface area contributed by atoms with Crippen LogP contribution in [0.15, 0.2) is 76.6 Å². The largest absolute Gasteiger partial charge is 0.468 e. The number of benzene rings is 3. The van der Waals surface area contributed by atoms with E-state index >= 15 is 0 Å². The van der Waals surface area contributed by atoms with Gasteiger partial charge in [0.2, 0.25) is 10.0 Å². The number of carbonyl (C=O) groups excluding carboxylic acids is 2. The van der Waals surface area contributed by atoms with Crippen LogP contribution in [0, 0.1) is 13.8 Å². The zero-order valence-electron chi connectivity index (χ0n) is 21.7. The van der Waals surface area contributed by atoms with Crippen LogP contribution >= 0.6 is 11.3 Å². The molecule has 0 atom stereocenters. The SMILES string of the molecule is CCN(Cc1ccccc1)S(=O)(=O)c1ccc(C(=O)N=c2sc3cc(C)c(C)cc3n2CC(=O)OC)cc1. The van der Waals surface area contributed by atoms with Crippen molar-refractivity contribution in [3.63, 3.8) is 0 Å². The Morgan fingerprint density at radius 3 is 2.29 bits per heavy atom. The minimum absolute atomic E-state index is 0.0867. The molecule has 198 valence electrons. The van der Waals surface area contributed by atoms with Gasteiger partial charge in [-0.15, -0.1) is 0 Å². The molecule has 0 N–H and O–H groups in total. The topological polar surface area (TPSA) is 98.0 Å². The van der Waals surface area contributed by atoms with Gasteiger partial charge in [0.05, 0.1) is 22.2 Å². The summed E-state index contributed by atoms with van der Waals surface area (Å²) in [6.07, 6.45) is 0. The molecule has 10 heteroatoms. The Bertz CT molecular complexity index is 1650. The Labute approximate surface area is 225 Å². The van der Waals surface area contributed by atoms with E-state index in [1.165, 1.54) is 47.0 Å². The Hall–Kier alpha value is -3.60. The van der Waals surface area contributed by atoms with Crippen LogP contribution in [0.5, 0.6) is 0 Å². The molecule has 0 radical (unpaired) electrons. The van der Waals surface area contributed by atoms with Crippen LogP contribution < -0.4 is 4.80 Å². The first-order valence-electron chi connectivity index (χ1n) is 12.0. The molecule has 1 heterocycles. The van der Waals surface area contributed by atoms with E-state index in [1.807, 2.05) is 56.3 Å². The van der Waals surface area contributed by atoms with Gasteiger partial charge in [0, 0.05) is 18.7 Å². The normalized spacial score (nSPS) is 12.3. The van der Waals surface area contributed by atoms with E-state index in [-0.39, 0.29) is 23.5 Å². The second-order valence-corrected chi connectivity index (χ2v) is 11.8. The van der Waals surface area contributed by atoms with Gasteiger partial charge in [0.1, 0.15) is 6.54 Å². The van der Waals surface area contributed by atoms with Crippen LogP contribution in [0.3, 0.4) is 0 Å². The van der Waals surface area contributed by atoms with Crippen molar-refractivity contribution in [2.45, 2.75) is 38.8 Å². The third kappa shape index (κ3) is 5.77. The number of aromatic nitrogens is 1. The first-order valence-corrected chi connectivity index (χ1v) is 14.3. The van der Waals surface area contributed by atoms with E-state index < -0.39 is 21.9 Å². The number of hydrogen-bond donors (Lipinski definition) is 0. The number of rotatable bonds is 8. The lowest BCUT2D eigenvalue weighted by molar-refractivity contribution is -0.141. The maximum Gasteiger partial charge on any atom is 0.325 e. The van der Waals surface area contributed by atoms with E-state index in [0.717, 1.165) is 26.9 Å². The third-order valence-corrected chi connectivity index (χ3v) is 9.28. The first-order chi connectivity index (χ1) is 18.1. The van der Waals surface area contributed by atoms with E-state index in [4.69, 9.17) is 4.74 Å². The minimum Gasteiger partial charge on any atom is -0.468 e. The lowest BCUT2D eigenvalue weighted by Gasteiger charge is -2.20. The predicted molar refractivity (Wildman–Crippen MR) is 147 cm³/mol. The van der Waals surface area contributed by atoms with E-state index in [9.17, 15) is 18.0 Å². The third-order valence-electron chi connectivity index (χ3n) is 6.30. The quantitative estimate of drug-likeness (QED) is 0.302. The molecule has 0 fully saturated rings. The van der Waals surface area contributed by atoms with Gasteiger partial charge in [-0.2, -0.15) is 9.30 Å². The number of nitrogens with zero attached hydrogens (tertiary/aromatic N) is 3. The Kier molecular flexibility index (Phi) is 8.25. The molecule has 4 aromatic rings. The fourth-order valence-electron chi connectivity index (χ4n) is 3.98. The lowest BCUT2D eigenvalue weighted by atomic mass is 10.1. The van der Waals surface area contributed by atoms with Gasteiger partial charge < -0.3 is 9.30 Å². The number of ether oxygens (including phenoxy) is 1. The average molecular weight is 552 g/mol. The minimum atomic E-state index is -3.76. The van der Waals surface area contributed by atoms with Crippen molar-refractivity contribution >= 4 is 43.5 Å². The summed E-state index contributed by atoms with van der Waals surface area (Å²) in [6, 6.07) is 19.1. The molecule has 0 spiro atoms. The van der Waals surface area contributed by atoms with E-state index in [0.29, 0.717) is 11.3 Å². The summed E-state index contributed by atoms with van der Waals surface area (Å²) in [5.41, 5.74) is 4.06. The van der Waals surface area contributed by atoms with Crippen LogP contribution in [-0.2, 0) is 32.6 Å². The van der Waals surface area contributed by atoms with Crippen molar-refractivity contribution in [2.24, 2.45) is 4.99 Å². The van der Waals surface area contributed by atoms with Crippen molar-refractivity contribution in [3.05, 3.63) is 93.8 Å². The van der Waals surface area contributed by atoms with E-state index in [2.05, 4.69) is 4.99 Å². The molecule has 0 saturated heterocycles. The highest BCUT2D eigenvalue weighted by molar-refractivity contribution is 7.89. The molecule has 0 aliphatic carbocycles. The van der Waals surface area contributed by atoms with Crippen LogP contribution in [0.25, 0.3) is 10.2 Å². The van der Waals surface area contributed by atoms with Crippen LogP contribution in [-0.4, -0.2) is 42.8 Å². The van der Waals surface area contributed by atoms with Crippen LogP contribution in [0.4, 0.5) is 0 Å². The number of hydrogen-bond acceptors (Lipinski definition) is 6. The molecule has 38 heavy (non-hydrogen) atoms. The Morgan fingerprint density at radius 2 is 1.66 bits per heavy atom. The van der Waals surface area contributed by atoms with Gasteiger partial charge in [0.25, 0.3) is 5.91 Å². The molecule has 8 nitrogen and oxygen atoms in total. The molecular formula is C28H29N3O5S2. The number of amides is 1. The number of carbonyl (C=O) groups is 2. The van der Waals surface area contributed by atoms with Gasteiger partial charge >= 0.3 is 5.97 Å². The highest BCUT2D eigenvalue weighted by atomic mass is 32.2. The Balaban J connectivity index is 1.66. The number of sulfonamides is 1. The summed E-state index contributed by atoms with van der Waals surface area (Å²) in [7, 11) is -2.45. The highest BCUT2D eigenvalue weighted by Crippen LogP contribution is 2.23. The number of fused-ring (bicyclic) bond motifs is 1. The molecule has 0 unspecified atom stereocenters. The zero-order chi connectivity index (χ0) is 27.4. The number of thiazole rings is 1. The van der Waals surface area contributed by atoms with Crippen molar-refractivity contribution < 1.29 is 22.7 Å². The summed E-state index contributed by atoms with van der Waals surface area (Å²) in [5.74, 6) is -0.994. The maximum atomic E-state index is 13.2. The molecule has 1 aromatic heterocycles. The summed E-state index contributed by atoms with van der Waals surface area (Å²) in [4.78, 5) is 29.9. The maximum absolute atomic E-state index is 13.2. The monoisotopic (exact) mass is 551 g/mol. The molecule has 3 aromatic carbocycles. The van der Waals surface area contributed by atoms with Crippen LogP contribution in [0.2, 0.25) is 0 Å². The standard InChI is InChI=1S/C28H29N3O5S2/c1-5-30(17-21-9-7-6-8-10-21)38(34,35)23-13-11-22(12-14-23)27(33)29-28-31(18-26(32)36-4)24-15-19(2)20(3)16-25(24)37-28/h6-16H,5,17-18H2,1-4H3. The predicted octanol–water partition coefficient (Wildman–Crippen LogP) is 4.44. The zero-order valence-corrected chi connectivity index (χ0v) is 23.3. The second-order valence-electron chi connectivity index (χ2n) is 8.81. The lowest BCUT2D eigenvalue weighted by Crippen LogP contribution is -2.30.